The van der Waals surface area contributed by atoms with E-state index in [-0.39, 0.29) is 4.90 Å². The van der Waals surface area contributed by atoms with Gasteiger partial charge in [0, 0.05) is 0 Å². The van der Waals surface area contributed by atoms with E-state index in [1.165, 1.54) is 76.7 Å². The van der Waals surface area contributed by atoms with Crippen molar-refractivity contribution >= 4 is 10.1 Å². The van der Waals surface area contributed by atoms with Crippen molar-refractivity contribution in [2.75, 3.05) is 7.11 Å². The molecule has 0 saturated heterocycles. The van der Waals surface area contributed by atoms with Crippen LogP contribution in [0.1, 0.15) is 96.0 Å². The summed E-state index contributed by atoms with van der Waals surface area (Å²) in [5.74, 6) is 0.618. The fourth-order valence-corrected chi connectivity index (χ4v) is 4.20. The summed E-state index contributed by atoms with van der Waals surface area (Å²) in [7, 11) is -2.63. The van der Waals surface area contributed by atoms with Gasteiger partial charge < -0.3 is 4.74 Å². The third-order valence-electron chi connectivity index (χ3n) is 5.10. The molecule has 0 saturated carbocycles. The zero-order chi connectivity index (χ0) is 20.0. The van der Waals surface area contributed by atoms with Crippen LogP contribution in [-0.2, 0) is 16.5 Å². The smallest absolute Gasteiger partial charge is 0.294 e. The minimum Gasteiger partial charge on any atom is -0.497 e. The second-order valence-corrected chi connectivity index (χ2v) is 8.83. The van der Waals surface area contributed by atoms with E-state index in [0.29, 0.717) is 17.7 Å². The van der Waals surface area contributed by atoms with Gasteiger partial charge in [-0.05, 0) is 36.6 Å². The first-order valence-electron chi connectivity index (χ1n) is 10.6. The number of benzene rings is 1. The van der Waals surface area contributed by atoms with Crippen LogP contribution >= 0.6 is 0 Å². The Bertz CT molecular complexity index is 611. The van der Waals surface area contributed by atoms with Gasteiger partial charge in [-0.25, -0.2) is 0 Å². The van der Waals surface area contributed by atoms with Gasteiger partial charge in [0.2, 0.25) is 0 Å². The number of aryl methyl sites for hydroxylation is 1. The highest BCUT2D eigenvalue weighted by molar-refractivity contribution is 7.85. The molecule has 156 valence electrons. The van der Waals surface area contributed by atoms with E-state index < -0.39 is 10.1 Å². The van der Waals surface area contributed by atoms with Crippen LogP contribution in [0.4, 0.5) is 0 Å². The maximum Gasteiger partial charge on any atom is 0.294 e. The van der Waals surface area contributed by atoms with Crippen LogP contribution in [0.5, 0.6) is 5.75 Å². The lowest BCUT2D eigenvalue weighted by atomic mass is 10.0. The highest BCUT2D eigenvalue weighted by Gasteiger charge is 2.15. The molecule has 0 fully saturated rings. The molecule has 0 unspecified atom stereocenters. The van der Waals surface area contributed by atoms with Gasteiger partial charge in [0.15, 0.2) is 0 Å². The lowest BCUT2D eigenvalue weighted by Crippen LogP contribution is -2.04. The van der Waals surface area contributed by atoms with Crippen molar-refractivity contribution in [2.45, 2.75) is 102 Å². The van der Waals surface area contributed by atoms with Crippen molar-refractivity contribution in [3.8, 4) is 5.75 Å². The van der Waals surface area contributed by atoms with Gasteiger partial charge in [0.1, 0.15) is 5.75 Å². The number of hydrogen-bond donors (Lipinski definition) is 1. The molecule has 1 rings (SSSR count). The Labute approximate surface area is 166 Å². The Hall–Kier alpha value is -1.07. The van der Waals surface area contributed by atoms with E-state index in [1.54, 1.807) is 19.2 Å². The number of unbranched alkanes of at least 4 members (excludes halogenated alkanes) is 12. The van der Waals surface area contributed by atoms with Crippen LogP contribution in [-0.4, -0.2) is 20.1 Å². The van der Waals surface area contributed by atoms with Crippen molar-refractivity contribution in [2.24, 2.45) is 0 Å². The summed E-state index contributed by atoms with van der Waals surface area (Å²) < 4.78 is 37.5. The number of rotatable bonds is 16. The molecular formula is C22H38O4S. The minimum atomic E-state index is -4.18. The summed E-state index contributed by atoms with van der Waals surface area (Å²) in [5.41, 5.74) is 0.639. The van der Waals surface area contributed by atoms with Crippen LogP contribution in [0.25, 0.3) is 0 Å². The molecule has 0 aromatic heterocycles. The predicted octanol–water partition coefficient (Wildman–Crippen LogP) is 6.58. The lowest BCUT2D eigenvalue weighted by molar-refractivity contribution is 0.413. The Morgan fingerprint density at radius 3 is 1.74 bits per heavy atom. The molecule has 0 radical (unpaired) electrons. The van der Waals surface area contributed by atoms with E-state index in [4.69, 9.17) is 4.74 Å². The van der Waals surface area contributed by atoms with Crippen molar-refractivity contribution < 1.29 is 17.7 Å². The van der Waals surface area contributed by atoms with E-state index in [1.807, 2.05) is 0 Å². The standard InChI is InChI=1S/C22H38O4S/c1-3-4-5-6-7-8-9-10-11-12-13-14-15-16-20-19-21(26-2)17-18-22(20)27(23,24)25/h17-19H,3-16H2,1-2H3,(H,23,24,25). The predicted molar refractivity (Wildman–Crippen MR) is 112 cm³/mol. The van der Waals surface area contributed by atoms with Gasteiger partial charge in [-0.1, -0.05) is 84.0 Å². The van der Waals surface area contributed by atoms with Crippen LogP contribution in [0, 0.1) is 0 Å². The molecule has 5 heteroatoms. The average molecular weight is 399 g/mol. The highest BCUT2D eigenvalue weighted by atomic mass is 32.2. The van der Waals surface area contributed by atoms with E-state index in [9.17, 15) is 13.0 Å². The van der Waals surface area contributed by atoms with E-state index in [0.717, 1.165) is 12.8 Å². The van der Waals surface area contributed by atoms with Gasteiger partial charge >= 0.3 is 0 Å². The van der Waals surface area contributed by atoms with Gasteiger partial charge in [0.25, 0.3) is 10.1 Å². The maximum absolute atomic E-state index is 11.5. The zero-order valence-electron chi connectivity index (χ0n) is 17.2. The summed E-state index contributed by atoms with van der Waals surface area (Å²) in [4.78, 5) is 0.00207. The molecule has 0 aliphatic heterocycles. The molecule has 1 aromatic carbocycles. The first kappa shape index (κ1) is 24.0. The fourth-order valence-electron chi connectivity index (χ4n) is 3.46. The van der Waals surface area contributed by atoms with Crippen LogP contribution in [0.15, 0.2) is 23.1 Å². The largest absolute Gasteiger partial charge is 0.497 e. The van der Waals surface area contributed by atoms with Gasteiger partial charge in [0.05, 0.1) is 12.0 Å². The molecule has 27 heavy (non-hydrogen) atoms. The summed E-state index contributed by atoms with van der Waals surface area (Å²) in [6.07, 6.45) is 17.3. The van der Waals surface area contributed by atoms with Gasteiger partial charge in [-0.15, -0.1) is 0 Å². The summed E-state index contributed by atoms with van der Waals surface area (Å²) in [5, 5.41) is 0. The highest BCUT2D eigenvalue weighted by Crippen LogP contribution is 2.24. The molecule has 0 aliphatic rings. The molecule has 0 bridgehead atoms. The van der Waals surface area contributed by atoms with Gasteiger partial charge in [-0.3, -0.25) is 4.55 Å². The molecule has 0 spiro atoms. The molecular weight excluding hydrogens is 360 g/mol. The summed E-state index contributed by atoms with van der Waals surface area (Å²) in [6, 6.07) is 4.70. The number of methoxy groups -OCH3 is 1. The summed E-state index contributed by atoms with van der Waals surface area (Å²) in [6.45, 7) is 2.25. The first-order chi connectivity index (χ1) is 13.0. The number of hydrogen-bond acceptors (Lipinski definition) is 3. The van der Waals surface area contributed by atoms with Gasteiger partial charge in [-0.2, -0.15) is 8.42 Å². The maximum atomic E-state index is 11.5. The van der Waals surface area contributed by atoms with Crippen LogP contribution < -0.4 is 4.74 Å². The first-order valence-corrected chi connectivity index (χ1v) is 12.1. The molecule has 1 aromatic rings. The Balaban J connectivity index is 2.15. The monoisotopic (exact) mass is 398 g/mol. The normalized spacial score (nSPS) is 11.7. The lowest BCUT2D eigenvalue weighted by Gasteiger charge is -2.09. The van der Waals surface area contributed by atoms with Crippen molar-refractivity contribution in [1.82, 2.24) is 0 Å². The van der Waals surface area contributed by atoms with Crippen molar-refractivity contribution in [3.63, 3.8) is 0 Å². The Morgan fingerprint density at radius 1 is 0.815 bits per heavy atom. The third-order valence-corrected chi connectivity index (χ3v) is 6.05. The quantitative estimate of drug-likeness (QED) is 0.252. The van der Waals surface area contributed by atoms with Crippen molar-refractivity contribution in [3.05, 3.63) is 23.8 Å². The minimum absolute atomic E-state index is 0.00207. The molecule has 4 nitrogen and oxygen atoms in total. The van der Waals surface area contributed by atoms with Crippen LogP contribution in [0.3, 0.4) is 0 Å². The molecule has 0 atom stereocenters. The molecule has 0 heterocycles. The third kappa shape index (κ3) is 10.7. The van der Waals surface area contributed by atoms with Crippen LogP contribution in [0.2, 0.25) is 0 Å². The fraction of sp³-hybridized carbons (Fsp3) is 0.727. The molecule has 0 aliphatic carbocycles. The summed E-state index contributed by atoms with van der Waals surface area (Å²) >= 11 is 0. The second-order valence-electron chi connectivity index (χ2n) is 7.44. The van der Waals surface area contributed by atoms with E-state index >= 15 is 0 Å². The Morgan fingerprint density at radius 2 is 1.30 bits per heavy atom. The Kier molecular flexibility index (Phi) is 12.4. The molecule has 0 amide bonds. The molecule has 1 N–H and O–H groups in total. The number of ether oxygens (including phenoxy) is 1. The average Bonchev–Trinajstić information content (AvgIpc) is 2.64. The zero-order valence-corrected chi connectivity index (χ0v) is 18.0. The van der Waals surface area contributed by atoms with Crippen molar-refractivity contribution in [1.29, 1.82) is 0 Å². The van der Waals surface area contributed by atoms with E-state index in [2.05, 4.69) is 6.92 Å². The topological polar surface area (TPSA) is 63.6 Å². The SMILES string of the molecule is CCCCCCCCCCCCCCCc1cc(OC)ccc1S(=O)(=O)O. The second kappa shape index (κ2) is 14.0.